The highest BCUT2D eigenvalue weighted by Gasteiger charge is 2.37. The zero-order valence-corrected chi connectivity index (χ0v) is 14.9. The second kappa shape index (κ2) is 7.66. The van der Waals surface area contributed by atoms with Crippen LogP contribution in [0.1, 0.15) is 27.5 Å². The quantitative estimate of drug-likeness (QED) is 0.840. The fourth-order valence-electron chi connectivity index (χ4n) is 3.59. The first-order valence-corrected chi connectivity index (χ1v) is 8.48. The van der Waals surface area contributed by atoms with E-state index in [2.05, 4.69) is 4.98 Å². The highest BCUT2D eigenvalue weighted by Crippen LogP contribution is 2.33. The van der Waals surface area contributed by atoms with Crippen molar-refractivity contribution in [2.45, 2.75) is 12.8 Å². The number of carbonyl (C=O) groups is 1. The number of nitrogens with zero attached hydrogens (tertiary/aromatic N) is 2. The third kappa shape index (κ3) is 3.51. The summed E-state index contributed by atoms with van der Waals surface area (Å²) >= 11 is 0. The van der Waals surface area contributed by atoms with Gasteiger partial charge in [0.2, 0.25) is 0 Å². The number of rotatable bonds is 5. The van der Waals surface area contributed by atoms with Crippen LogP contribution in [0, 0.1) is 12.8 Å². The zero-order valence-electron chi connectivity index (χ0n) is 14.9. The molecule has 0 aliphatic carbocycles. The second-order valence-corrected chi connectivity index (χ2v) is 6.42. The molecule has 0 saturated carbocycles. The number of hydrogen-bond acceptors (Lipinski definition) is 4. The van der Waals surface area contributed by atoms with Crippen molar-refractivity contribution in [3.63, 3.8) is 0 Å². The van der Waals surface area contributed by atoms with Gasteiger partial charge >= 0.3 is 0 Å². The fourth-order valence-corrected chi connectivity index (χ4v) is 3.59. The fraction of sp³-hybridized carbons (Fsp3) is 0.400. The molecule has 132 valence electrons. The van der Waals surface area contributed by atoms with Crippen molar-refractivity contribution in [1.29, 1.82) is 0 Å². The highest BCUT2D eigenvalue weighted by atomic mass is 16.5. The van der Waals surface area contributed by atoms with Gasteiger partial charge in [-0.25, -0.2) is 0 Å². The first-order chi connectivity index (χ1) is 12.2. The third-order valence-electron chi connectivity index (χ3n) is 4.91. The number of methoxy groups -OCH3 is 2. The van der Waals surface area contributed by atoms with Crippen LogP contribution in [0.5, 0.6) is 5.75 Å². The van der Waals surface area contributed by atoms with Crippen molar-refractivity contribution in [1.82, 2.24) is 9.88 Å². The molecule has 0 spiro atoms. The van der Waals surface area contributed by atoms with Gasteiger partial charge in [-0.15, -0.1) is 0 Å². The van der Waals surface area contributed by atoms with Gasteiger partial charge in [-0.2, -0.15) is 0 Å². The molecule has 1 fully saturated rings. The minimum absolute atomic E-state index is 0.0379. The Hall–Kier alpha value is -2.40. The first-order valence-electron chi connectivity index (χ1n) is 8.48. The molecular weight excluding hydrogens is 316 g/mol. The Morgan fingerprint density at radius 1 is 1.20 bits per heavy atom. The summed E-state index contributed by atoms with van der Waals surface area (Å²) in [6.45, 7) is 3.86. The molecule has 1 aliphatic rings. The number of hydrogen-bond donors (Lipinski definition) is 0. The van der Waals surface area contributed by atoms with Crippen LogP contribution in [0.25, 0.3) is 0 Å². The number of aromatic nitrogens is 1. The Kier molecular flexibility index (Phi) is 5.34. The van der Waals surface area contributed by atoms with E-state index in [0.29, 0.717) is 25.3 Å². The molecule has 5 heteroatoms. The Morgan fingerprint density at radius 3 is 2.72 bits per heavy atom. The second-order valence-electron chi connectivity index (χ2n) is 6.42. The maximum atomic E-state index is 13.1. The van der Waals surface area contributed by atoms with E-state index < -0.39 is 0 Å². The lowest BCUT2D eigenvalue weighted by molar-refractivity contribution is 0.0774. The van der Waals surface area contributed by atoms with Crippen LogP contribution >= 0.6 is 0 Å². The number of likely N-dealkylation sites (tertiary alicyclic amines) is 1. The lowest BCUT2D eigenvalue weighted by Crippen LogP contribution is -2.30. The maximum Gasteiger partial charge on any atom is 0.254 e. The van der Waals surface area contributed by atoms with Crippen LogP contribution in [-0.4, -0.2) is 49.7 Å². The molecule has 2 aromatic rings. The number of pyridine rings is 1. The Morgan fingerprint density at radius 2 is 2.04 bits per heavy atom. The molecule has 2 heterocycles. The molecule has 0 radical (unpaired) electrons. The largest absolute Gasteiger partial charge is 0.496 e. The number of ether oxygens (including phenoxy) is 2. The van der Waals surface area contributed by atoms with Crippen molar-refractivity contribution in [3.05, 3.63) is 59.4 Å². The molecule has 1 aliphatic heterocycles. The molecule has 3 rings (SSSR count). The summed E-state index contributed by atoms with van der Waals surface area (Å²) in [5.41, 5.74) is 2.58. The van der Waals surface area contributed by atoms with E-state index in [1.165, 1.54) is 0 Å². The summed E-state index contributed by atoms with van der Waals surface area (Å²) in [6, 6.07) is 11.5. The number of benzene rings is 1. The predicted octanol–water partition coefficient (Wildman–Crippen LogP) is 2.90. The first kappa shape index (κ1) is 17.4. The Bertz CT molecular complexity index is 733. The lowest BCUT2D eigenvalue weighted by atomic mass is 9.93. The van der Waals surface area contributed by atoms with Crippen LogP contribution in [0.15, 0.2) is 42.6 Å². The van der Waals surface area contributed by atoms with Gasteiger partial charge < -0.3 is 14.4 Å². The SMILES string of the molecule is COC[C@@H]1CN(C(=O)c2cccc(OC)c2C)C[C@H]1c1ccccn1. The van der Waals surface area contributed by atoms with Crippen molar-refractivity contribution >= 4 is 5.91 Å². The average molecular weight is 340 g/mol. The van der Waals surface area contributed by atoms with Crippen molar-refractivity contribution in [3.8, 4) is 5.75 Å². The van der Waals surface area contributed by atoms with Crippen LogP contribution < -0.4 is 4.74 Å². The molecule has 0 unspecified atom stereocenters. The molecule has 25 heavy (non-hydrogen) atoms. The minimum Gasteiger partial charge on any atom is -0.496 e. The smallest absolute Gasteiger partial charge is 0.254 e. The van der Waals surface area contributed by atoms with Gasteiger partial charge in [0.05, 0.1) is 13.7 Å². The summed E-state index contributed by atoms with van der Waals surface area (Å²) in [6.07, 6.45) is 1.80. The molecule has 5 nitrogen and oxygen atoms in total. The van der Waals surface area contributed by atoms with E-state index >= 15 is 0 Å². The molecule has 1 saturated heterocycles. The van der Waals surface area contributed by atoms with E-state index in [9.17, 15) is 4.79 Å². The van der Waals surface area contributed by atoms with E-state index in [1.807, 2.05) is 48.2 Å². The lowest BCUT2D eigenvalue weighted by Gasteiger charge is -2.18. The summed E-state index contributed by atoms with van der Waals surface area (Å²) in [4.78, 5) is 19.5. The molecule has 1 aromatic carbocycles. The van der Waals surface area contributed by atoms with E-state index in [0.717, 1.165) is 17.0 Å². The summed E-state index contributed by atoms with van der Waals surface area (Å²) in [5.74, 6) is 1.21. The van der Waals surface area contributed by atoms with Gasteiger partial charge in [-0.05, 0) is 31.2 Å². The number of amides is 1. The molecule has 1 amide bonds. The molecule has 1 aromatic heterocycles. The van der Waals surface area contributed by atoms with E-state index in [1.54, 1.807) is 20.4 Å². The highest BCUT2D eigenvalue weighted by molar-refractivity contribution is 5.96. The third-order valence-corrected chi connectivity index (χ3v) is 4.91. The van der Waals surface area contributed by atoms with Crippen molar-refractivity contribution in [2.75, 3.05) is 33.9 Å². The summed E-state index contributed by atoms with van der Waals surface area (Å²) < 4.78 is 10.7. The summed E-state index contributed by atoms with van der Waals surface area (Å²) in [7, 11) is 3.32. The van der Waals surface area contributed by atoms with Crippen molar-refractivity contribution in [2.24, 2.45) is 5.92 Å². The summed E-state index contributed by atoms with van der Waals surface area (Å²) in [5, 5.41) is 0. The normalized spacial score (nSPS) is 19.9. The van der Waals surface area contributed by atoms with Gasteiger partial charge in [-0.1, -0.05) is 12.1 Å². The molecule has 0 N–H and O–H groups in total. The van der Waals surface area contributed by atoms with E-state index in [4.69, 9.17) is 9.47 Å². The standard InChI is InChI=1S/C20H24N2O3/c1-14-16(7-6-9-19(14)25-3)20(23)22-11-15(13-24-2)17(12-22)18-8-4-5-10-21-18/h4-10,15,17H,11-13H2,1-3H3/t15-,17+/m0/s1. The van der Waals surface area contributed by atoms with Gasteiger partial charge in [0.25, 0.3) is 5.91 Å². The Labute approximate surface area is 148 Å². The molecule has 2 atom stereocenters. The Balaban J connectivity index is 1.85. The molecule has 0 bridgehead atoms. The predicted molar refractivity (Wildman–Crippen MR) is 96.0 cm³/mol. The average Bonchev–Trinajstić information content (AvgIpc) is 3.06. The van der Waals surface area contributed by atoms with Gasteiger partial charge in [-0.3, -0.25) is 9.78 Å². The topological polar surface area (TPSA) is 51.7 Å². The zero-order chi connectivity index (χ0) is 17.8. The van der Waals surface area contributed by atoms with Crippen LogP contribution in [0.4, 0.5) is 0 Å². The van der Waals surface area contributed by atoms with E-state index in [-0.39, 0.29) is 17.7 Å². The van der Waals surface area contributed by atoms with Crippen LogP contribution in [-0.2, 0) is 4.74 Å². The van der Waals surface area contributed by atoms with Crippen molar-refractivity contribution < 1.29 is 14.3 Å². The number of carbonyl (C=O) groups excluding carboxylic acids is 1. The monoisotopic (exact) mass is 340 g/mol. The van der Waals surface area contributed by atoms with Gasteiger partial charge in [0.1, 0.15) is 5.75 Å². The maximum absolute atomic E-state index is 13.1. The van der Waals surface area contributed by atoms with Crippen LogP contribution in [0.2, 0.25) is 0 Å². The minimum atomic E-state index is 0.0379. The molecular formula is C20H24N2O3. The van der Waals surface area contributed by atoms with Crippen LogP contribution in [0.3, 0.4) is 0 Å². The van der Waals surface area contributed by atoms with Gasteiger partial charge in [0, 0.05) is 55.1 Å². The van der Waals surface area contributed by atoms with Gasteiger partial charge in [0.15, 0.2) is 0 Å².